The van der Waals surface area contributed by atoms with E-state index in [1.165, 1.54) is 0 Å². The van der Waals surface area contributed by atoms with Crippen LogP contribution in [0.1, 0.15) is 30.9 Å². The Balaban J connectivity index is 1.31. The highest BCUT2D eigenvalue weighted by atomic mass is 32.2. The van der Waals surface area contributed by atoms with Gasteiger partial charge in [0.05, 0.1) is 24.9 Å². The first-order valence-corrected chi connectivity index (χ1v) is 12.1. The van der Waals surface area contributed by atoms with Gasteiger partial charge >= 0.3 is 0 Å². The maximum atomic E-state index is 11.0. The summed E-state index contributed by atoms with van der Waals surface area (Å²) in [5.41, 5.74) is 1.74. The van der Waals surface area contributed by atoms with Crippen molar-refractivity contribution < 1.29 is 19.4 Å². The minimum absolute atomic E-state index is 0.180. The predicted octanol–water partition coefficient (Wildman–Crippen LogP) is 3.77. The number of aliphatic hydroxyl groups excluding tert-OH is 2. The van der Waals surface area contributed by atoms with Crippen LogP contribution in [0.4, 0.5) is 0 Å². The number of hydrogen-bond acceptors (Lipinski definition) is 8. The summed E-state index contributed by atoms with van der Waals surface area (Å²) < 4.78 is 10.6. The molecule has 1 fully saturated rings. The van der Waals surface area contributed by atoms with Crippen LogP contribution in [0.5, 0.6) is 5.75 Å². The molecule has 0 amide bonds. The molecule has 3 atom stereocenters. The molecule has 0 aliphatic carbocycles. The average molecular weight is 458 g/mol. The normalized spacial score (nSPS) is 20.5. The van der Waals surface area contributed by atoms with Gasteiger partial charge in [-0.25, -0.2) is 4.98 Å². The third kappa shape index (κ3) is 5.61. The van der Waals surface area contributed by atoms with Crippen molar-refractivity contribution >= 4 is 22.7 Å². The summed E-state index contributed by atoms with van der Waals surface area (Å²) in [4.78, 5) is 11.0. The summed E-state index contributed by atoms with van der Waals surface area (Å²) in [6.07, 6.45) is 7.02. The smallest absolute Gasteiger partial charge is 0.255 e. The molecule has 172 valence electrons. The molecule has 0 saturated carbocycles. The van der Waals surface area contributed by atoms with Crippen LogP contribution in [-0.2, 0) is 0 Å². The molecule has 1 aliphatic heterocycles. The number of methoxy groups -OCH3 is 1. The van der Waals surface area contributed by atoms with Gasteiger partial charge in [-0.1, -0.05) is 11.8 Å². The zero-order valence-electron chi connectivity index (χ0n) is 18.4. The largest absolute Gasteiger partial charge is 0.497 e. The van der Waals surface area contributed by atoms with Gasteiger partial charge in [0.2, 0.25) is 0 Å². The lowest BCUT2D eigenvalue weighted by Gasteiger charge is -2.38. The van der Waals surface area contributed by atoms with Crippen LogP contribution in [0.3, 0.4) is 0 Å². The summed E-state index contributed by atoms with van der Waals surface area (Å²) in [7, 11) is 1.64. The molecule has 1 aromatic carbocycles. The Kier molecular flexibility index (Phi) is 8.02. The first kappa shape index (κ1) is 23.0. The van der Waals surface area contributed by atoms with Gasteiger partial charge in [0.15, 0.2) is 0 Å². The lowest BCUT2D eigenvalue weighted by Crippen LogP contribution is -2.43. The van der Waals surface area contributed by atoms with Crippen LogP contribution >= 0.6 is 11.8 Å². The van der Waals surface area contributed by atoms with E-state index in [1.807, 2.05) is 24.3 Å². The topological polar surface area (TPSA) is 91.9 Å². The summed E-state index contributed by atoms with van der Waals surface area (Å²) in [5, 5.41) is 22.6. The van der Waals surface area contributed by atoms with Crippen LogP contribution in [0, 0.1) is 11.8 Å². The summed E-state index contributed by atoms with van der Waals surface area (Å²) >= 11 is 1.62. The van der Waals surface area contributed by atoms with E-state index < -0.39 is 6.10 Å². The first-order chi connectivity index (χ1) is 15.7. The van der Waals surface area contributed by atoms with E-state index in [0.717, 1.165) is 60.4 Å². The molecule has 1 saturated heterocycles. The van der Waals surface area contributed by atoms with Crippen molar-refractivity contribution in [3.63, 3.8) is 0 Å². The summed E-state index contributed by atoms with van der Waals surface area (Å²) in [6, 6.07) is 7.63. The number of aromatic nitrogens is 2. The van der Waals surface area contributed by atoms with Crippen LogP contribution in [0.25, 0.3) is 10.9 Å². The fourth-order valence-corrected chi connectivity index (χ4v) is 5.36. The van der Waals surface area contributed by atoms with Crippen molar-refractivity contribution in [2.75, 3.05) is 39.1 Å². The summed E-state index contributed by atoms with van der Waals surface area (Å²) in [6.45, 7) is 3.03. The van der Waals surface area contributed by atoms with Gasteiger partial charge in [0.1, 0.15) is 12.0 Å². The third-order valence-corrected chi connectivity index (χ3v) is 7.24. The fourth-order valence-electron chi connectivity index (χ4n) is 4.58. The van der Waals surface area contributed by atoms with Crippen molar-refractivity contribution in [1.29, 1.82) is 0 Å². The number of oxazole rings is 1. The first-order valence-electron chi connectivity index (χ1n) is 11.1. The van der Waals surface area contributed by atoms with Gasteiger partial charge < -0.3 is 24.3 Å². The summed E-state index contributed by atoms with van der Waals surface area (Å²) in [5.74, 6) is 2.32. The number of fused-ring (bicyclic) bond motifs is 1. The van der Waals surface area contributed by atoms with E-state index in [1.54, 1.807) is 37.5 Å². The number of hydrogen-bond donors (Lipinski definition) is 2. The molecule has 0 radical (unpaired) electrons. The van der Waals surface area contributed by atoms with Gasteiger partial charge in [-0.3, -0.25) is 4.98 Å². The highest BCUT2D eigenvalue weighted by molar-refractivity contribution is 7.99. The van der Waals surface area contributed by atoms with Crippen molar-refractivity contribution in [2.24, 2.45) is 11.8 Å². The zero-order chi connectivity index (χ0) is 22.3. The molecule has 2 aromatic heterocycles. The molecule has 1 aliphatic rings. The number of ether oxygens (including phenoxy) is 1. The Morgan fingerprint density at radius 2 is 2.16 bits per heavy atom. The second-order valence-corrected chi connectivity index (χ2v) is 9.36. The van der Waals surface area contributed by atoms with Gasteiger partial charge in [-0.2, -0.15) is 0 Å². The van der Waals surface area contributed by atoms with Gasteiger partial charge in [0.25, 0.3) is 5.22 Å². The average Bonchev–Trinajstić information content (AvgIpc) is 3.35. The zero-order valence-corrected chi connectivity index (χ0v) is 19.2. The maximum absolute atomic E-state index is 11.0. The molecule has 3 heterocycles. The van der Waals surface area contributed by atoms with Crippen molar-refractivity contribution in [3.8, 4) is 5.75 Å². The van der Waals surface area contributed by atoms with Crippen LogP contribution < -0.4 is 4.74 Å². The molecule has 4 rings (SSSR count). The minimum atomic E-state index is -0.567. The van der Waals surface area contributed by atoms with Crippen molar-refractivity contribution in [2.45, 2.75) is 30.6 Å². The van der Waals surface area contributed by atoms with Gasteiger partial charge in [-0.15, -0.1) is 0 Å². The number of likely N-dealkylation sites (tertiary alicyclic amines) is 1. The second-order valence-electron chi connectivity index (χ2n) is 8.31. The number of aliphatic hydroxyl groups is 2. The predicted molar refractivity (Wildman–Crippen MR) is 125 cm³/mol. The number of nitrogens with zero attached hydrogens (tertiary/aromatic N) is 3. The Hall–Kier alpha value is -2.13. The van der Waals surface area contributed by atoms with E-state index in [4.69, 9.17) is 9.15 Å². The van der Waals surface area contributed by atoms with E-state index in [9.17, 15) is 10.2 Å². The highest BCUT2D eigenvalue weighted by Crippen LogP contribution is 2.33. The monoisotopic (exact) mass is 457 g/mol. The molecule has 8 heteroatoms. The Bertz CT molecular complexity index is 985. The second kappa shape index (κ2) is 11.1. The number of benzene rings is 1. The Morgan fingerprint density at radius 1 is 1.25 bits per heavy atom. The lowest BCUT2D eigenvalue weighted by atomic mass is 9.81. The standard InChI is InChI=1S/C24H31N3O4S/c1-30-19-3-4-22-21(14-19)20(6-8-25-22)23(29)5-2-17-7-10-27(15-18(17)16-28)11-13-32-24-26-9-12-31-24/h3-4,6,8-9,12,14,17-18,23,28-29H,2,5,7,10-11,13,15-16H2,1H3/t17-,18-,23?/m1/s1. The molecule has 7 nitrogen and oxygen atoms in total. The van der Waals surface area contributed by atoms with E-state index in [-0.39, 0.29) is 12.5 Å². The molecular weight excluding hydrogens is 426 g/mol. The molecule has 3 aromatic rings. The Morgan fingerprint density at radius 3 is 2.94 bits per heavy atom. The van der Waals surface area contributed by atoms with E-state index in [2.05, 4.69) is 14.9 Å². The fraction of sp³-hybridized carbons (Fsp3) is 0.500. The number of rotatable bonds is 10. The quantitative estimate of drug-likeness (QED) is 0.445. The number of thioether (sulfide) groups is 1. The van der Waals surface area contributed by atoms with Crippen molar-refractivity contribution in [1.82, 2.24) is 14.9 Å². The maximum Gasteiger partial charge on any atom is 0.255 e. The van der Waals surface area contributed by atoms with Crippen LogP contribution in [0.2, 0.25) is 0 Å². The SMILES string of the molecule is COc1ccc2nccc(C(O)CC[C@@H]3CCN(CCSc4ncco4)C[C@@H]3CO)c2c1. The van der Waals surface area contributed by atoms with Crippen molar-refractivity contribution in [3.05, 3.63) is 48.5 Å². The third-order valence-electron chi connectivity index (χ3n) is 6.41. The molecular formula is C24H31N3O4S. The van der Waals surface area contributed by atoms with Crippen LogP contribution in [0.15, 0.2) is 52.6 Å². The van der Waals surface area contributed by atoms with E-state index in [0.29, 0.717) is 17.6 Å². The molecule has 0 spiro atoms. The number of pyridine rings is 1. The van der Waals surface area contributed by atoms with E-state index >= 15 is 0 Å². The highest BCUT2D eigenvalue weighted by Gasteiger charge is 2.29. The van der Waals surface area contributed by atoms with Gasteiger partial charge in [0, 0.05) is 37.0 Å². The molecule has 0 bridgehead atoms. The molecule has 32 heavy (non-hydrogen) atoms. The van der Waals surface area contributed by atoms with Crippen LogP contribution in [-0.4, -0.2) is 64.2 Å². The molecule has 2 N–H and O–H groups in total. The van der Waals surface area contributed by atoms with Gasteiger partial charge in [-0.05, 0) is 67.5 Å². The molecule has 1 unspecified atom stereocenters. The lowest BCUT2D eigenvalue weighted by molar-refractivity contribution is 0.0608. The number of piperidine rings is 1. The minimum Gasteiger partial charge on any atom is -0.497 e. The Labute approximate surface area is 192 Å².